The van der Waals surface area contributed by atoms with E-state index in [1.54, 1.807) is 36.7 Å². The molecule has 24 heavy (non-hydrogen) atoms. The Kier molecular flexibility index (Phi) is 4.34. The second-order valence-electron chi connectivity index (χ2n) is 4.97. The SMILES string of the molecule is Cc1csc(NC(=O)c2c[nH]c(=O)n(Cc3ccccn3)c2=O)n1. The first-order chi connectivity index (χ1) is 11.5. The zero-order chi connectivity index (χ0) is 17.1. The van der Waals surface area contributed by atoms with Gasteiger partial charge in [-0.15, -0.1) is 11.3 Å². The number of carbonyl (C=O) groups excluding carboxylic acids is 1. The molecule has 3 aromatic heterocycles. The predicted octanol–water partition coefficient (Wildman–Crippen LogP) is 0.997. The molecular weight excluding hydrogens is 330 g/mol. The van der Waals surface area contributed by atoms with E-state index in [2.05, 4.69) is 20.3 Å². The molecular formula is C15H13N5O3S. The standard InChI is InChI=1S/C15H13N5O3S/c1-9-8-24-14(18-9)19-12(21)11-6-17-15(23)20(13(11)22)7-10-4-2-3-5-16-10/h2-6,8H,7H2,1H3,(H,17,23)(H,18,19,21). The molecule has 0 aliphatic rings. The summed E-state index contributed by atoms with van der Waals surface area (Å²) in [5, 5.41) is 4.72. The number of H-pyrrole nitrogens is 1. The van der Waals surface area contributed by atoms with Gasteiger partial charge in [0.05, 0.1) is 17.9 Å². The predicted molar refractivity (Wildman–Crippen MR) is 89.5 cm³/mol. The third-order valence-electron chi connectivity index (χ3n) is 3.19. The summed E-state index contributed by atoms with van der Waals surface area (Å²) in [6, 6.07) is 5.18. The molecule has 122 valence electrons. The van der Waals surface area contributed by atoms with Crippen molar-refractivity contribution >= 4 is 22.4 Å². The van der Waals surface area contributed by atoms with Crippen LogP contribution in [0.25, 0.3) is 0 Å². The van der Waals surface area contributed by atoms with Gasteiger partial charge in [-0.05, 0) is 19.1 Å². The summed E-state index contributed by atoms with van der Waals surface area (Å²) >= 11 is 1.25. The topological polar surface area (TPSA) is 110 Å². The molecule has 3 aromatic rings. The molecule has 9 heteroatoms. The zero-order valence-corrected chi connectivity index (χ0v) is 13.5. The molecule has 3 rings (SSSR count). The number of thiazole rings is 1. The Bertz CT molecular complexity index is 990. The van der Waals surface area contributed by atoms with Gasteiger partial charge < -0.3 is 4.98 Å². The van der Waals surface area contributed by atoms with Gasteiger partial charge >= 0.3 is 5.69 Å². The molecule has 2 N–H and O–H groups in total. The number of aromatic nitrogens is 4. The van der Waals surface area contributed by atoms with Gasteiger partial charge in [0.1, 0.15) is 5.56 Å². The number of aryl methyl sites for hydroxylation is 1. The highest BCUT2D eigenvalue weighted by atomic mass is 32.1. The molecule has 3 heterocycles. The van der Waals surface area contributed by atoms with Crippen LogP contribution < -0.4 is 16.6 Å². The van der Waals surface area contributed by atoms with E-state index in [0.717, 1.165) is 16.5 Å². The molecule has 8 nitrogen and oxygen atoms in total. The number of nitrogens with one attached hydrogen (secondary N) is 2. The van der Waals surface area contributed by atoms with Crippen molar-refractivity contribution in [1.82, 2.24) is 19.5 Å². The number of nitrogens with zero attached hydrogens (tertiary/aromatic N) is 3. The van der Waals surface area contributed by atoms with Gasteiger partial charge in [-0.25, -0.2) is 9.78 Å². The number of aromatic amines is 1. The molecule has 0 radical (unpaired) electrons. The number of hydrogen-bond donors (Lipinski definition) is 2. The molecule has 0 aromatic carbocycles. The van der Waals surface area contributed by atoms with Crippen LogP contribution in [-0.4, -0.2) is 25.4 Å². The summed E-state index contributed by atoms with van der Waals surface area (Å²) < 4.78 is 0.935. The van der Waals surface area contributed by atoms with Crippen LogP contribution >= 0.6 is 11.3 Å². The van der Waals surface area contributed by atoms with Crippen molar-refractivity contribution in [3.63, 3.8) is 0 Å². The van der Waals surface area contributed by atoms with E-state index >= 15 is 0 Å². The van der Waals surface area contributed by atoms with Gasteiger partial charge in [-0.3, -0.25) is 24.5 Å². The van der Waals surface area contributed by atoms with Crippen LogP contribution in [0.4, 0.5) is 5.13 Å². The number of carbonyl (C=O) groups is 1. The lowest BCUT2D eigenvalue weighted by Crippen LogP contribution is -2.39. The summed E-state index contributed by atoms with van der Waals surface area (Å²) in [6.45, 7) is 1.78. The van der Waals surface area contributed by atoms with Crippen molar-refractivity contribution in [1.29, 1.82) is 0 Å². The zero-order valence-electron chi connectivity index (χ0n) is 12.6. The second-order valence-corrected chi connectivity index (χ2v) is 5.83. The molecule has 0 unspecified atom stereocenters. The van der Waals surface area contributed by atoms with Crippen LogP contribution in [0.1, 0.15) is 21.7 Å². The monoisotopic (exact) mass is 343 g/mol. The Morgan fingerprint density at radius 1 is 1.38 bits per heavy atom. The fraction of sp³-hybridized carbons (Fsp3) is 0.133. The summed E-state index contributed by atoms with van der Waals surface area (Å²) in [5.41, 5.74) is -0.150. The number of rotatable bonds is 4. The highest BCUT2D eigenvalue weighted by Crippen LogP contribution is 2.14. The Labute approximate surface area is 139 Å². The Morgan fingerprint density at radius 3 is 2.88 bits per heavy atom. The van der Waals surface area contributed by atoms with Crippen LogP contribution in [0, 0.1) is 6.92 Å². The Hall–Kier alpha value is -3.07. The maximum atomic E-state index is 12.5. The van der Waals surface area contributed by atoms with E-state index in [1.807, 2.05) is 0 Å². The fourth-order valence-corrected chi connectivity index (χ4v) is 2.73. The van der Waals surface area contributed by atoms with Gasteiger partial charge in [-0.2, -0.15) is 0 Å². The minimum absolute atomic E-state index is 0.0213. The van der Waals surface area contributed by atoms with Crippen molar-refractivity contribution in [2.75, 3.05) is 5.32 Å². The molecule has 0 bridgehead atoms. The van der Waals surface area contributed by atoms with Gasteiger partial charge in [0.25, 0.3) is 11.5 Å². The van der Waals surface area contributed by atoms with E-state index in [9.17, 15) is 14.4 Å². The Balaban J connectivity index is 1.92. The van der Waals surface area contributed by atoms with Gasteiger partial charge in [0, 0.05) is 17.8 Å². The van der Waals surface area contributed by atoms with E-state index in [4.69, 9.17) is 0 Å². The van der Waals surface area contributed by atoms with Crippen molar-refractivity contribution < 1.29 is 4.79 Å². The van der Waals surface area contributed by atoms with Crippen molar-refractivity contribution in [3.05, 3.63) is 73.8 Å². The van der Waals surface area contributed by atoms with Crippen LogP contribution in [-0.2, 0) is 6.54 Å². The fourth-order valence-electron chi connectivity index (χ4n) is 2.05. The van der Waals surface area contributed by atoms with E-state index in [-0.39, 0.29) is 12.1 Å². The number of pyridine rings is 1. The van der Waals surface area contributed by atoms with E-state index in [1.165, 1.54) is 11.3 Å². The normalized spacial score (nSPS) is 10.5. The highest BCUT2D eigenvalue weighted by Gasteiger charge is 2.16. The lowest BCUT2D eigenvalue weighted by Gasteiger charge is -2.06. The lowest BCUT2D eigenvalue weighted by molar-refractivity contribution is 0.102. The number of amides is 1. The highest BCUT2D eigenvalue weighted by molar-refractivity contribution is 7.13. The number of hydrogen-bond acceptors (Lipinski definition) is 6. The molecule has 0 saturated carbocycles. The molecule has 0 aliphatic carbocycles. The number of anilines is 1. The lowest BCUT2D eigenvalue weighted by atomic mass is 10.3. The summed E-state index contributed by atoms with van der Waals surface area (Å²) in [6.07, 6.45) is 2.67. The van der Waals surface area contributed by atoms with Crippen LogP contribution in [0.2, 0.25) is 0 Å². The first-order valence-electron chi connectivity index (χ1n) is 7.00. The second kappa shape index (κ2) is 6.59. The molecule has 0 aliphatic heterocycles. The largest absolute Gasteiger partial charge is 0.328 e. The van der Waals surface area contributed by atoms with E-state index in [0.29, 0.717) is 10.8 Å². The third-order valence-corrected chi connectivity index (χ3v) is 4.07. The van der Waals surface area contributed by atoms with Crippen LogP contribution in [0.15, 0.2) is 45.6 Å². The van der Waals surface area contributed by atoms with Gasteiger partial charge in [0.2, 0.25) is 0 Å². The molecule has 0 saturated heterocycles. The van der Waals surface area contributed by atoms with Crippen LogP contribution in [0.3, 0.4) is 0 Å². The quantitative estimate of drug-likeness (QED) is 0.734. The maximum absolute atomic E-state index is 12.5. The molecule has 0 fully saturated rings. The molecule has 0 atom stereocenters. The summed E-state index contributed by atoms with van der Waals surface area (Å²) in [5.74, 6) is -0.625. The van der Waals surface area contributed by atoms with Crippen molar-refractivity contribution in [2.45, 2.75) is 13.5 Å². The third kappa shape index (κ3) is 3.30. The minimum atomic E-state index is -0.685. The smallest absolute Gasteiger partial charge is 0.313 e. The van der Waals surface area contributed by atoms with E-state index < -0.39 is 17.2 Å². The van der Waals surface area contributed by atoms with Crippen LogP contribution in [0.5, 0.6) is 0 Å². The van der Waals surface area contributed by atoms with Crippen molar-refractivity contribution in [2.24, 2.45) is 0 Å². The Morgan fingerprint density at radius 2 is 2.21 bits per heavy atom. The van der Waals surface area contributed by atoms with Crippen molar-refractivity contribution in [3.8, 4) is 0 Å². The minimum Gasteiger partial charge on any atom is -0.313 e. The molecule has 1 amide bonds. The summed E-state index contributed by atoms with van der Waals surface area (Å²) in [7, 11) is 0. The van der Waals surface area contributed by atoms with Gasteiger partial charge in [-0.1, -0.05) is 6.07 Å². The first kappa shape index (κ1) is 15.8. The van der Waals surface area contributed by atoms with Gasteiger partial charge in [0.15, 0.2) is 5.13 Å². The average Bonchev–Trinajstić information content (AvgIpc) is 2.97. The first-order valence-corrected chi connectivity index (χ1v) is 7.88. The summed E-state index contributed by atoms with van der Waals surface area (Å²) in [4.78, 5) is 47.2. The maximum Gasteiger partial charge on any atom is 0.328 e. The average molecular weight is 343 g/mol. The molecule has 0 spiro atoms.